The Balaban J connectivity index is 2.31. The van der Waals surface area contributed by atoms with Crippen LogP contribution in [0.5, 0.6) is 5.75 Å². The molecule has 6 nitrogen and oxygen atoms in total. The molecule has 2 rings (SSSR count). The number of rotatable bonds is 4. The predicted octanol–water partition coefficient (Wildman–Crippen LogP) is 3.00. The van der Waals surface area contributed by atoms with Crippen molar-refractivity contribution >= 4 is 55.8 Å². The molecule has 0 spiro atoms. The zero-order valence-electron chi connectivity index (χ0n) is 12.4. The summed E-state index contributed by atoms with van der Waals surface area (Å²) in [6, 6.07) is 2.63. The number of benzene rings is 1. The lowest BCUT2D eigenvalue weighted by molar-refractivity contribution is -0.123. The second-order valence-corrected chi connectivity index (χ2v) is 7.02. The molecule has 1 heterocycles. The molecule has 23 heavy (non-hydrogen) atoms. The molecule has 0 bridgehead atoms. The van der Waals surface area contributed by atoms with Crippen molar-refractivity contribution in [2.24, 2.45) is 5.92 Å². The minimum Gasteiger partial charge on any atom is -0.491 e. The Kier molecular flexibility index (Phi) is 5.59. The van der Waals surface area contributed by atoms with E-state index < -0.39 is 17.8 Å². The Hall–Kier alpha value is -1.67. The van der Waals surface area contributed by atoms with E-state index in [-0.39, 0.29) is 5.57 Å². The highest BCUT2D eigenvalue weighted by molar-refractivity contribution is 9.11. The standard InChI is InChI=1S/C15H14Br2N2O4/c1-7(2)6-23-12-10(16)4-8(5-11(12)17)3-9-13(20)18-15(22)19-14(9)21/h3-5,7H,6H2,1-2H3,(H2,18,19,20,21,22). The number of barbiturate groups is 1. The summed E-state index contributed by atoms with van der Waals surface area (Å²) in [6.45, 7) is 4.65. The lowest BCUT2D eigenvalue weighted by Gasteiger charge is -2.15. The van der Waals surface area contributed by atoms with Crippen LogP contribution in [-0.4, -0.2) is 24.5 Å². The summed E-state index contributed by atoms with van der Waals surface area (Å²) in [7, 11) is 0. The summed E-state index contributed by atoms with van der Waals surface area (Å²) >= 11 is 6.83. The largest absolute Gasteiger partial charge is 0.491 e. The van der Waals surface area contributed by atoms with Crippen LogP contribution < -0.4 is 15.4 Å². The molecule has 8 heteroatoms. The van der Waals surface area contributed by atoms with E-state index in [1.807, 2.05) is 24.5 Å². The summed E-state index contributed by atoms with van der Waals surface area (Å²) in [6.07, 6.45) is 1.40. The van der Waals surface area contributed by atoms with Crippen LogP contribution in [0, 0.1) is 5.92 Å². The molecule has 1 aliphatic heterocycles. The molecule has 0 atom stereocenters. The Labute approximate surface area is 149 Å². The molecule has 4 amide bonds. The quantitative estimate of drug-likeness (QED) is 0.551. The number of imide groups is 2. The maximum absolute atomic E-state index is 11.7. The molecule has 1 aromatic rings. The third kappa shape index (κ3) is 4.42. The van der Waals surface area contributed by atoms with E-state index in [0.29, 0.717) is 32.8 Å². The molecule has 1 aliphatic rings. The SMILES string of the molecule is CC(C)COc1c(Br)cc(C=C2C(=O)NC(=O)NC2=O)cc1Br. The van der Waals surface area contributed by atoms with Gasteiger partial charge in [0.25, 0.3) is 11.8 Å². The molecule has 2 N–H and O–H groups in total. The van der Waals surface area contributed by atoms with E-state index in [1.165, 1.54) is 6.08 Å². The molecule has 1 fully saturated rings. The van der Waals surface area contributed by atoms with E-state index in [4.69, 9.17) is 4.74 Å². The van der Waals surface area contributed by atoms with Crippen molar-refractivity contribution in [2.75, 3.05) is 6.61 Å². The van der Waals surface area contributed by atoms with Gasteiger partial charge in [-0.15, -0.1) is 0 Å². The van der Waals surface area contributed by atoms with Gasteiger partial charge in [-0.05, 0) is 61.5 Å². The van der Waals surface area contributed by atoms with Gasteiger partial charge in [0.05, 0.1) is 15.6 Å². The highest BCUT2D eigenvalue weighted by Crippen LogP contribution is 2.35. The van der Waals surface area contributed by atoms with Crippen molar-refractivity contribution in [3.63, 3.8) is 0 Å². The molecular formula is C15H14Br2N2O4. The van der Waals surface area contributed by atoms with Crippen molar-refractivity contribution in [2.45, 2.75) is 13.8 Å². The number of halogens is 2. The smallest absolute Gasteiger partial charge is 0.328 e. The van der Waals surface area contributed by atoms with Gasteiger partial charge in [-0.2, -0.15) is 0 Å². The van der Waals surface area contributed by atoms with E-state index in [0.717, 1.165) is 0 Å². The fourth-order valence-electron chi connectivity index (χ4n) is 1.82. The van der Waals surface area contributed by atoms with Crippen LogP contribution in [0.15, 0.2) is 26.7 Å². The summed E-state index contributed by atoms with van der Waals surface area (Å²) in [5.41, 5.74) is 0.467. The van der Waals surface area contributed by atoms with E-state index in [1.54, 1.807) is 12.1 Å². The van der Waals surface area contributed by atoms with Gasteiger partial charge in [0, 0.05) is 0 Å². The van der Waals surface area contributed by atoms with Gasteiger partial charge in [0.2, 0.25) is 0 Å². The van der Waals surface area contributed by atoms with Gasteiger partial charge in [0.15, 0.2) is 0 Å². The topological polar surface area (TPSA) is 84.5 Å². The second kappa shape index (κ2) is 7.27. The fourth-order valence-corrected chi connectivity index (χ4v) is 3.27. The van der Waals surface area contributed by atoms with Crippen LogP contribution in [0.3, 0.4) is 0 Å². The molecule has 122 valence electrons. The molecular weight excluding hydrogens is 432 g/mol. The lowest BCUT2D eigenvalue weighted by Crippen LogP contribution is -2.51. The predicted molar refractivity (Wildman–Crippen MR) is 91.8 cm³/mol. The Morgan fingerprint density at radius 1 is 1.09 bits per heavy atom. The number of carbonyl (C=O) groups excluding carboxylic acids is 3. The van der Waals surface area contributed by atoms with Crippen LogP contribution in [0.1, 0.15) is 19.4 Å². The van der Waals surface area contributed by atoms with Gasteiger partial charge in [-0.25, -0.2) is 4.79 Å². The third-order valence-corrected chi connectivity index (χ3v) is 4.01. The fraction of sp³-hybridized carbons (Fsp3) is 0.267. The monoisotopic (exact) mass is 444 g/mol. The number of hydrogen-bond acceptors (Lipinski definition) is 4. The number of ether oxygens (including phenoxy) is 1. The number of hydrogen-bond donors (Lipinski definition) is 2. The lowest BCUT2D eigenvalue weighted by atomic mass is 10.1. The van der Waals surface area contributed by atoms with Crippen LogP contribution in [-0.2, 0) is 9.59 Å². The summed E-state index contributed by atoms with van der Waals surface area (Å²) in [4.78, 5) is 34.5. The normalized spacial score (nSPS) is 14.7. The van der Waals surface area contributed by atoms with Gasteiger partial charge in [-0.3, -0.25) is 20.2 Å². The van der Waals surface area contributed by atoms with Gasteiger partial charge in [-0.1, -0.05) is 13.8 Å². The van der Waals surface area contributed by atoms with E-state index >= 15 is 0 Å². The highest BCUT2D eigenvalue weighted by atomic mass is 79.9. The second-order valence-electron chi connectivity index (χ2n) is 5.31. The molecule has 0 saturated carbocycles. The highest BCUT2D eigenvalue weighted by Gasteiger charge is 2.27. The first-order valence-electron chi connectivity index (χ1n) is 6.78. The molecule has 0 aliphatic carbocycles. The zero-order valence-corrected chi connectivity index (χ0v) is 15.6. The average molecular weight is 446 g/mol. The Bertz CT molecular complexity index is 668. The molecule has 1 aromatic carbocycles. The maximum atomic E-state index is 11.7. The van der Waals surface area contributed by atoms with Gasteiger partial charge < -0.3 is 4.74 Å². The van der Waals surface area contributed by atoms with E-state index in [2.05, 4.69) is 31.9 Å². The minimum atomic E-state index is -0.822. The summed E-state index contributed by atoms with van der Waals surface area (Å²) in [5.74, 6) is -0.436. The first-order valence-corrected chi connectivity index (χ1v) is 8.36. The summed E-state index contributed by atoms with van der Waals surface area (Å²) < 4.78 is 7.09. The average Bonchev–Trinajstić information content (AvgIpc) is 2.41. The van der Waals surface area contributed by atoms with Crippen LogP contribution in [0.4, 0.5) is 4.79 Å². The Morgan fingerprint density at radius 3 is 2.09 bits per heavy atom. The maximum Gasteiger partial charge on any atom is 0.328 e. The Morgan fingerprint density at radius 2 is 1.61 bits per heavy atom. The van der Waals surface area contributed by atoms with Crippen molar-refractivity contribution in [1.29, 1.82) is 0 Å². The first kappa shape index (κ1) is 17.7. The number of urea groups is 1. The van der Waals surface area contributed by atoms with Gasteiger partial charge in [0.1, 0.15) is 11.3 Å². The van der Waals surface area contributed by atoms with E-state index in [9.17, 15) is 14.4 Å². The van der Waals surface area contributed by atoms with Crippen molar-refractivity contribution < 1.29 is 19.1 Å². The minimum absolute atomic E-state index is 0.140. The zero-order chi connectivity index (χ0) is 17.1. The van der Waals surface area contributed by atoms with Crippen molar-refractivity contribution in [3.05, 3.63) is 32.2 Å². The summed E-state index contributed by atoms with van der Waals surface area (Å²) in [5, 5.41) is 4.05. The molecule has 0 aromatic heterocycles. The van der Waals surface area contributed by atoms with Gasteiger partial charge >= 0.3 is 6.03 Å². The number of amides is 4. The van der Waals surface area contributed by atoms with Crippen LogP contribution in [0.2, 0.25) is 0 Å². The van der Waals surface area contributed by atoms with Crippen LogP contribution in [0.25, 0.3) is 6.08 Å². The molecule has 0 radical (unpaired) electrons. The number of nitrogens with one attached hydrogen (secondary N) is 2. The number of carbonyl (C=O) groups is 3. The molecule has 0 unspecified atom stereocenters. The first-order chi connectivity index (χ1) is 10.8. The van der Waals surface area contributed by atoms with Crippen molar-refractivity contribution in [1.82, 2.24) is 10.6 Å². The van der Waals surface area contributed by atoms with Crippen molar-refractivity contribution in [3.8, 4) is 5.75 Å². The molecule has 1 saturated heterocycles. The third-order valence-electron chi connectivity index (χ3n) is 2.84. The van der Waals surface area contributed by atoms with Crippen LogP contribution >= 0.6 is 31.9 Å².